The highest BCUT2D eigenvalue weighted by Crippen LogP contribution is 2.25. The molecule has 0 aliphatic heterocycles. The second-order valence-corrected chi connectivity index (χ2v) is 4.97. The number of carbonyl (C=O) groups excluding carboxylic acids is 1. The molecule has 0 saturated carbocycles. The molecule has 1 aromatic rings. The zero-order valence-electron chi connectivity index (χ0n) is 11.6. The minimum Gasteiger partial charge on any atom is -0.480 e. The number of carbonyl (C=O) groups is 2. The number of urea groups is 1. The van der Waals surface area contributed by atoms with E-state index in [1.807, 2.05) is 19.9 Å². The number of hydrogen-bond acceptors (Lipinski definition) is 2. The predicted molar refractivity (Wildman–Crippen MR) is 79.3 cm³/mol. The van der Waals surface area contributed by atoms with Crippen LogP contribution in [0.3, 0.4) is 0 Å². The molecule has 0 aliphatic carbocycles. The van der Waals surface area contributed by atoms with Crippen molar-refractivity contribution in [2.24, 2.45) is 0 Å². The van der Waals surface area contributed by atoms with Crippen molar-refractivity contribution in [2.45, 2.75) is 39.2 Å². The van der Waals surface area contributed by atoms with Gasteiger partial charge >= 0.3 is 12.0 Å². The number of halogens is 1. The number of carboxylic acids is 1. The van der Waals surface area contributed by atoms with E-state index < -0.39 is 18.0 Å². The molecule has 0 radical (unpaired) electrons. The van der Waals surface area contributed by atoms with Gasteiger partial charge in [0.1, 0.15) is 6.04 Å². The van der Waals surface area contributed by atoms with Gasteiger partial charge in [-0.1, -0.05) is 43.5 Å². The lowest BCUT2D eigenvalue weighted by atomic mass is 10.1. The van der Waals surface area contributed by atoms with E-state index >= 15 is 0 Å². The van der Waals surface area contributed by atoms with Crippen LogP contribution in [0, 0.1) is 6.92 Å². The fourth-order valence-corrected chi connectivity index (χ4v) is 2.03. The SMILES string of the molecule is CCCCC(NC(=O)Nc1c(C)cccc1Cl)C(=O)O. The standard InChI is InChI=1S/C14H19ClN2O3/c1-3-4-8-11(13(18)19)16-14(20)17-12-9(2)6-5-7-10(12)15/h5-7,11H,3-4,8H2,1-2H3,(H,18,19)(H2,16,17,20). The number of hydrogen-bond donors (Lipinski definition) is 3. The van der Waals surface area contributed by atoms with Gasteiger partial charge in [0.25, 0.3) is 0 Å². The Morgan fingerprint density at radius 2 is 2.10 bits per heavy atom. The summed E-state index contributed by atoms with van der Waals surface area (Å²) in [4.78, 5) is 22.9. The van der Waals surface area contributed by atoms with Crippen molar-refractivity contribution in [3.05, 3.63) is 28.8 Å². The minimum atomic E-state index is -1.04. The average Bonchev–Trinajstić information content (AvgIpc) is 2.38. The number of carboxylic acid groups (broad SMARTS) is 1. The minimum absolute atomic E-state index is 0.404. The molecule has 0 aromatic heterocycles. The van der Waals surface area contributed by atoms with Gasteiger partial charge in [-0.05, 0) is 25.0 Å². The summed E-state index contributed by atoms with van der Waals surface area (Å²) >= 11 is 6.00. The first kappa shape index (κ1) is 16.3. The smallest absolute Gasteiger partial charge is 0.326 e. The number of aliphatic carboxylic acids is 1. The summed E-state index contributed by atoms with van der Waals surface area (Å²) in [5, 5.41) is 14.5. The maximum Gasteiger partial charge on any atom is 0.326 e. The highest BCUT2D eigenvalue weighted by atomic mass is 35.5. The summed E-state index contributed by atoms with van der Waals surface area (Å²) in [6.07, 6.45) is 2.01. The number of amides is 2. The third kappa shape index (κ3) is 4.74. The van der Waals surface area contributed by atoms with Crippen molar-refractivity contribution in [3.63, 3.8) is 0 Å². The van der Waals surface area contributed by atoms with Crippen molar-refractivity contribution in [2.75, 3.05) is 5.32 Å². The number of anilines is 1. The molecule has 1 rings (SSSR count). The number of aryl methyl sites for hydroxylation is 1. The van der Waals surface area contributed by atoms with Gasteiger partial charge in [0.15, 0.2) is 0 Å². The van der Waals surface area contributed by atoms with Crippen LogP contribution in [0.4, 0.5) is 10.5 Å². The number of unbranched alkanes of at least 4 members (excludes halogenated alkanes) is 1. The van der Waals surface area contributed by atoms with Crippen molar-refractivity contribution in [1.29, 1.82) is 0 Å². The number of para-hydroxylation sites is 1. The van der Waals surface area contributed by atoms with Gasteiger partial charge in [0, 0.05) is 0 Å². The monoisotopic (exact) mass is 298 g/mol. The molecule has 0 spiro atoms. The van der Waals surface area contributed by atoms with E-state index in [9.17, 15) is 9.59 Å². The van der Waals surface area contributed by atoms with E-state index in [0.717, 1.165) is 18.4 Å². The fourth-order valence-electron chi connectivity index (χ4n) is 1.76. The normalized spacial score (nSPS) is 11.8. The Kier molecular flexibility index (Phi) is 6.31. The molecule has 2 amide bonds. The van der Waals surface area contributed by atoms with Crippen LogP contribution < -0.4 is 10.6 Å². The molecule has 1 unspecified atom stereocenters. The highest BCUT2D eigenvalue weighted by molar-refractivity contribution is 6.33. The van der Waals surface area contributed by atoms with Crippen LogP contribution in [0.15, 0.2) is 18.2 Å². The molecule has 0 saturated heterocycles. The molecule has 0 heterocycles. The van der Waals surface area contributed by atoms with Crippen LogP contribution >= 0.6 is 11.6 Å². The van der Waals surface area contributed by atoms with E-state index in [1.54, 1.807) is 12.1 Å². The Morgan fingerprint density at radius 1 is 1.40 bits per heavy atom. The van der Waals surface area contributed by atoms with Crippen molar-refractivity contribution in [3.8, 4) is 0 Å². The molecule has 0 aliphatic rings. The van der Waals surface area contributed by atoms with Gasteiger partial charge in [-0.15, -0.1) is 0 Å². The Labute approximate surface area is 123 Å². The van der Waals surface area contributed by atoms with Gasteiger partial charge in [-0.25, -0.2) is 9.59 Å². The molecule has 0 bridgehead atoms. The lowest BCUT2D eigenvalue weighted by Gasteiger charge is -2.16. The molecule has 0 fully saturated rings. The lowest BCUT2D eigenvalue weighted by molar-refractivity contribution is -0.139. The Balaban J connectivity index is 2.68. The first-order valence-corrected chi connectivity index (χ1v) is 6.89. The van der Waals surface area contributed by atoms with Crippen LogP contribution in [0.25, 0.3) is 0 Å². The number of benzene rings is 1. The molecular formula is C14H19ClN2O3. The molecule has 5 nitrogen and oxygen atoms in total. The predicted octanol–water partition coefficient (Wildman–Crippen LogP) is 3.41. The molecule has 1 aromatic carbocycles. The summed E-state index contributed by atoms with van der Waals surface area (Å²) in [5.41, 5.74) is 1.30. The van der Waals surface area contributed by atoms with E-state index in [2.05, 4.69) is 10.6 Å². The first-order valence-electron chi connectivity index (χ1n) is 6.51. The lowest BCUT2D eigenvalue weighted by Crippen LogP contribution is -2.43. The number of nitrogens with one attached hydrogen (secondary N) is 2. The quantitative estimate of drug-likeness (QED) is 0.753. The maximum absolute atomic E-state index is 11.9. The van der Waals surface area contributed by atoms with Crippen LogP contribution in [0.1, 0.15) is 31.7 Å². The zero-order valence-corrected chi connectivity index (χ0v) is 12.3. The topological polar surface area (TPSA) is 78.4 Å². The van der Waals surface area contributed by atoms with Crippen LogP contribution in [-0.4, -0.2) is 23.1 Å². The molecule has 3 N–H and O–H groups in total. The Hall–Kier alpha value is -1.75. The third-order valence-electron chi connectivity index (χ3n) is 2.91. The van der Waals surface area contributed by atoms with E-state index in [4.69, 9.17) is 16.7 Å². The summed E-state index contributed by atoms with van der Waals surface area (Å²) in [7, 11) is 0. The van der Waals surface area contributed by atoms with Crippen LogP contribution in [-0.2, 0) is 4.79 Å². The van der Waals surface area contributed by atoms with Gasteiger partial charge in [0.2, 0.25) is 0 Å². The van der Waals surface area contributed by atoms with Crippen molar-refractivity contribution < 1.29 is 14.7 Å². The Morgan fingerprint density at radius 3 is 2.65 bits per heavy atom. The summed E-state index contributed by atoms with van der Waals surface area (Å²) in [6.45, 7) is 3.78. The Bertz CT molecular complexity index is 471. The molecule has 1 atom stereocenters. The number of rotatable bonds is 6. The molecule has 6 heteroatoms. The van der Waals surface area contributed by atoms with Gasteiger partial charge in [-0.2, -0.15) is 0 Å². The van der Waals surface area contributed by atoms with Crippen LogP contribution in [0.5, 0.6) is 0 Å². The van der Waals surface area contributed by atoms with E-state index in [-0.39, 0.29) is 0 Å². The fraction of sp³-hybridized carbons (Fsp3) is 0.429. The average molecular weight is 299 g/mol. The zero-order chi connectivity index (χ0) is 15.1. The van der Waals surface area contributed by atoms with Gasteiger partial charge < -0.3 is 15.7 Å². The largest absolute Gasteiger partial charge is 0.480 e. The van der Waals surface area contributed by atoms with Gasteiger partial charge in [0.05, 0.1) is 10.7 Å². The van der Waals surface area contributed by atoms with Gasteiger partial charge in [-0.3, -0.25) is 0 Å². The second-order valence-electron chi connectivity index (χ2n) is 4.56. The molecular weight excluding hydrogens is 280 g/mol. The van der Waals surface area contributed by atoms with E-state index in [0.29, 0.717) is 17.1 Å². The maximum atomic E-state index is 11.9. The summed E-state index contributed by atoms with van der Waals surface area (Å²) in [6, 6.07) is 3.80. The third-order valence-corrected chi connectivity index (χ3v) is 3.23. The van der Waals surface area contributed by atoms with Crippen LogP contribution in [0.2, 0.25) is 5.02 Å². The second kappa shape index (κ2) is 7.75. The van der Waals surface area contributed by atoms with Crippen molar-refractivity contribution in [1.82, 2.24) is 5.32 Å². The highest BCUT2D eigenvalue weighted by Gasteiger charge is 2.19. The van der Waals surface area contributed by atoms with Crippen molar-refractivity contribution >= 4 is 29.3 Å². The summed E-state index contributed by atoms with van der Waals surface area (Å²) < 4.78 is 0. The molecule has 110 valence electrons. The first-order chi connectivity index (χ1) is 9.45. The van der Waals surface area contributed by atoms with E-state index in [1.165, 1.54) is 0 Å². The summed E-state index contributed by atoms with van der Waals surface area (Å²) in [5.74, 6) is -1.04. The molecule has 20 heavy (non-hydrogen) atoms.